The van der Waals surface area contributed by atoms with Crippen LogP contribution in [0.25, 0.3) is 10.7 Å². The van der Waals surface area contributed by atoms with Gasteiger partial charge < -0.3 is 0 Å². The maximum absolute atomic E-state index is 5.01. The van der Waals surface area contributed by atoms with Crippen molar-refractivity contribution in [1.82, 2.24) is 20.0 Å². The van der Waals surface area contributed by atoms with Gasteiger partial charge in [-0.15, -0.1) is 0 Å². The van der Waals surface area contributed by atoms with Gasteiger partial charge in [0.25, 0.3) is 0 Å². The maximum atomic E-state index is 5.01. The molecule has 0 radical (unpaired) electrons. The molecule has 2 aromatic heterocycles. The molecule has 2 aromatic rings. The Bertz CT molecular complexity index is 482. The van der Waals surface area contributed by atoms with Crippen molar-refractivity contribution in [2.75, 3.05) is 0 Å². The molecule has 0 aliphatic carbocycles. The quantitative estimate of drug-likeness (QED) is 0.836. The summed E-state index contributed by atoms with van der Waals surface area (Å²) in [5, 5.41) is 12.1. The summed E-state index contributed by atoms with van der Waals surface area (Å²) in [4.78, 5) is 0. The summed E-state index contributed by atoms with van der Waals surface area (Å²) in [5.74, 6) is 0. The number of nitrogens with one attached hydrogen (secondary N) is 1. The molecule has 1 N–H and O–H groups in total. The highest BCUT2D eigenvalue weighted by Gasteiger charge is 2.07. The summed E-state index contributed by atoms with van der Waals surface area (Å²) in [6.07, 6.45) is 4.09. The fourth-order valence-electron chi connectivity index (χ4n) is 1.34. The Morgan fingerprint density at radius 1 is 1.60 bits per heavy atom. The number of aromatic nitrogens is 4. The fraction of sp³-hybridized carbons (Fsp3) is 0.444. The molecule has 0 aliphatic rings. The molecule has 0 bridgehead atoms. The molecule has 4 nitrogen and oxygen atoms in total. The van der Waals surface area contributed by atoms with Crippen LogP contribution in [0.15, 0.2) is 12.3 Å². The van der Waals surface area contributed by atoms with Gasteiger partial charge in [0.2, 0.25) is 0 Å². The molecular formula is C9H12N4S2. The van der Waals surface area contributed by atoms with Crippen molar-refractivity contribution < 1.29 is 0 Å². The number of aryl methyl sites for hydroxylation is 1. The molecule has 0 saturated heterocycles. The van der Waals surface area contributed by atoms with Crippen molar-refractivity contribution in [2.45, 2.75) is 26.3 Å². The van der Waals surface area contributed by atoms with E-state index in [1.165, 1.54) is 11.3 Å². The Labute approximate surface area is 97.0 Å². The van der Waals surface area contributed by atoms with Crippen LogP contribution in [0.1, 0.15) is 19.8 Å². The number of H-pyrrole nitrogens is 1. The molecule has 6 heteroatoms. The maximum Gasteiger partial charge on any atom is 0.176 e. The summed E-state index contributed by atoms with van der Waals surface area (Å²) in [7, 11) is 0. The van der Waals surface area contributed by atoms with Gasteiger partial charge in [-0.3, -0.25) is 9.78 Å². The SMILES string of the molecule is CCCCn1nccc1-c1n[nH]c(=S)s1. The summed E-state index contributed by atoms with van der Waals surface area (Å²) >= 11 is 6.49. The van der Waals surface area contributed by atoms with Crippen LogP contribution in [-0.4, -0.2) is 20.0 Å². The predicted octanol–water partition coefficient (Wildman–Crippen LogP) is 2.86. The highest BCUT2D eigenvalue weighted by molar-refractivity contribution is 7.73. The normalized spacial score (nSPS) is 10.7. The minimum atomic E-state index is 0.702. The zero-order valence-electron chi connectivity index (χ0n) is 8.43. The van der Waals surface area contributed by atoms with Crippen LogP contribution < -0.4 is 0 Å². The third-order valence-electron chi connectivity index (χ3n) is 2.10. The number of rotatable bonds is 4. The van der Waals surface area contributed by atoms with Crippen LogP contribution in [-0.2, 0) is 6.54 Å². The van der Waals surface area contributed by atoms with Gasteiger partial charge in [0.05, 0.1) is 5.69 Å². The molecule has 0 unspecified atom stereocenters. The number of hydrogen-bond donors (Lipinski definition) is 1. The highest BCUT2D eigenvalue weighted by atomic mass is 32.1. The van der Waals surface area contributed by atoms with E-state index < -0.39 is 0 Å². The lowest BCUT2D eigenvalue weighted by atomic mass is 10.3. The smallest absolute Gasteiger partial charge is 0.176 e. The second kappa shape index (κ2) is 4.67. The van der Waals surface area contributed by atoms with E-state index in [4.69, 9.17) is 12.2 Å². The summed E-state index contributed by atoms with van der Waals surface area (Å²) in [6.45, 7) is 3.10. The van der Waals surface area contributed by atoms with Gasteiger partial charge >= 0.3 is 0 Å². The van der Waals surface area contributed by atoms with E-state index >= 15 is 0 Å². The van der Waals surface area contributed by atoms with Crippen molar-refractivity contribution in [3.63, 3.8) is 0 Å². The average molecular weight is 240 g/mol. The van der Waals surface area contributed by atoms with Crippen LogP contribution in [0.2, 0.25) is 0 Å². The Morgan fingerprint density at radius 3 is 3.13 bits per heavy atom. The number of aromatic amines is 1. The lowest BCUT2D eigenvalue weighted by Crippen LogP contribution is -2.01. The van der Waals surface area contributed by atoms with Gasteiger partial charge in [0.1, 0.15) is 0 Å². The number of hydrogen-bond acceptors (Lipinski definition) is 4. The molecule has 0 aliphatic heterocycles. The Hall–Kier alpha value is -1.01. The molecule has 2 heterocycles. The van der Waals surface area contributed by atoms with Crippen molar-refractivity contribution in [3.05, 3.63) is 16.2 Å². The van der Waals surface area contributed by atoms with Crippen molar-refractivity contribution >= 4 is 23.6 Å². The summed E-state index contributed by atoms with van der Waals surface area (Å²) in [6, 6.07) is 1.97. The first-order chi connectivity index (χ1) is 7.31. The first-order valence-corrected chi connectivity index (χ1v) is 6.11. The lowest BCUT2D eigenvalue weighted by molar-refractivity contribution is 0.577. The Kier molecular flexibility index (Phi) is 3.27. The van der Waals surface area contributed by atoms with Crippen molar-refractivity contribution in [1.29, 1.82) is 0 Å². The fourth-order valence-corrected chi connectivity index (χ4v) is 2.26. The Morgan fingerprint density at radius 2 is 2.47 bits per heavy atom. The molecule has 2 rings (SSSR count). The first kappa shape index (κ1) is 10.5. The van der Waals surface area contributed by atoms with E-state index in [0.717, 1.165) is 30.1 Å². The van der Waals surface area contributed by atoms with E-state index in [-0.39, 0.29) is 0 Å². The van der Waals surface area contributed by atoms with Gasteiger partial charge in [0.15, 0.2) is 8.96 Å². The zero-order chi connectivity index (χ0) is 10.7. The van der Waals surface area contributed by atoms with E-state index in [1.807, 2.05) is 10.7 Å². The van der Waals surface area contributed by atoms with Gasteiger partial charge in [-0.25, -0.2) is 0 Å². The van der Waals surface area contributed by atoms with Crippen molar-refractivity contribution in [2.24, 2.45) is 0 Å². The molecule has 80 valence electrons. The molecule has 0 atom stereocenters. The van der Waals surface area contributed by atoms with Gasteiger partial charge in [-0.2, -0.15) is 10.2 Å². The molecule has 0 aromatic carbocycles. The van der Waals surface area contributed by atoms with Crippen LogP contribution in [0.3, 0.4) is 0 Å². The van der Waals surface area contributed by atoms with Crippen molar-refractivity contribution in [3.8, 4) is 10.7 Å². The zero-order valence-corrected chi connectivity index (χ0v) is 10.1. The monoisotopic (exact) mass is 240 g/mol. The van der Waals surface area contributed by atoms with E-state index in [1.54, 1.807) is 6.20 Å². The molecular weight excluding hydrogens is 228 g/mol. The number of nitrogens with zero attached hydrogens (tertiary/aromatic N) is 3. The van der Waals surface area contributed by atoms with Gasteiger partial charge in [-0.05, 0) is 24.7 Å². The standard InChI is InChI=1S/C9H12N4S2/c1-2-3-6-13-7(4-5-10-13)8-11-12-9(14)15-8/h4-5H,2-3,6H2,1H3,(H,12,14). The van der Waals surface area contributed by atoms with Gasteiger partial charge in [0, 0.05) is 12.7 Å². The predicted molar refractivity (Wildman–Crippen MR) is 63.4 cm³/mol. The average Bonchev–Trinajstić information content (AvgIpc) is 2.82. The minimum Gasteiger partial charge on any atom is -0.262 e. The summed E-state index contributed by atoms with van der Waals surface area (Å²) in [5.41, 5.74) is 1.04. The summed E-state index contributed by atoms with van der Waals surface area (Å²) < 4.78 is 2.68. The van der Waals surface area contributed by atoms with E-state index in [9.17, 15) is 0 Å². The third kappa shape index (κ3) is 2.32. The second-order valence-corrected chi connectivity index (χ2v) is 4.88. The number of unbranched alkanes of at least 4 members (excludes halogenated alkanes) is 1. The third-order valence-corrected chi connectivity index (χ3v) is 3.21. The molecule has 15 heavy (non-hydrogen) atoms. The van der Waals surface area contributed by atoms with Crippen LogP contribution in [0, 0.1) is 3.95 Å². The van der Waals surface area contributed by atoms with Crippen LogP contribution in [0.4, 0.5) is 0 Å². The van der Waals surface area contributed by atoms with E-state index in [2.05, 4.69) is 22.2 Å². The highest BCUT2D eigenvalue weighted by Crippen LogP contribution is 2.21. The van der Waals surface area contributed by atoms with Crippen LogP contribution in [0.5, 0.6) is 0 Å². The molecule has 0 amide bonds. The molecule has 0 fully saturated rings. The lowest BCUT2D eigenvalue weighted by Gasteiger charge is -2.02. The first-order valence-electron chi connectivity index (χ1n) is 4.89. The topological polar surface area (TPSA) is 46.5 Å². The molecule has 0 saturated carbocycles. The Balaban J connectivity index is 2.28. The van der Waals surface area contributed by atoms with Crippen LogP contribution >= 0.6 is 23.6 Å². The molecule has 0 spiro atoms. The van der Waals surface area contributed by atoms with E-state index in [0.29, 0.717) is 3.95 Å². The largest absolute Gasteiger partial charge is 0.262 e. The second-order valence-electron chi connectivity index (χ2n) is 3.21. The van der Waals surface area contributed by atoms with Gasteiger partial charge in [-0.1, -0.05) is 24.7 Å². The minimum absolute atomic E-state index is 0.702.